The SMILES string of the molecule is COCCNC(=O)CCN(CC(C)C)c1nc(Cc2ccccc2)ns1. The number of benzene rings is 1. The highest BCUT2D eigenvalue weighted by Crippen LogP contribution is 2.20. The van der Waals surface area contributed by atoms with Crippen molar-refractivity contribution < 1.29 is 9.53 Å². The van der Waals surface area contributed by atoms with Gasteiger partial charge in [-0.05, 0) is 11.5 Å². The third-order valence-corrected chi connectivity index (χ3v) is 4.57. The number of hydrogen-bond acceptors (Lipinski definition) is 6. The van der Waals surface area contributed by atoms with Crippen molar-refractivity contribution in [2.45, 2.75) is 26.7 Å². The normalized spacial score (nSPS) is 10.9. The smallest absolute Gasteiger partial charge is 0.221 e. The maximum absolute atomic E-state index is 12.0. The Kier molecular flexibility index (Phi) is 8.50. The van der Waals surface area contributed by atoms with Crippen molar-refractivity contribution in [1.82, 2.24) is 14.7 Å². The molecule has 0 radical (unpaired) electrons. The van der Waals surface area contributed by atoms with Crippen LogP contribution in [0.25, 0.3) is 0 Å². The highest BCUT2D eigenvalue weighted by Gasteiger charge is 2.15. The minimum absolute atomic E-state index is 0.0323. The molecular formula is C19H28N4O2S. The first-order valence-electron chi connectivity index (χ1n) is 8.95. The number of rotatable bonds is 11. The summed E-state index contributed by atoms with van der Waals surface area (Å²) >= 11 is 1.41. The lowest BCUT2D eigenvalue weighted by molar-refractivity contribution is -0.121. The Morgan fingerprint density at radius 2 is 2.08 bits per heavy atom. The molecule has 0 spiro atoms. The van der Waals surface area contributed by atoms with Crippen molar-refractivity contribution in [1.29, 1.82) is 0 Å². The molecule has 2 aromatic rings. The third-order valence-electron chi connectivity index (χ3n) is 3.76. The zero-order valence-electron chi connectivity index (χ0n) is 15.8. The van der Waals surface area contributed by atoms with E-state index in [9.17, 15) is 4.79 Å². The summed E-state index contributed by atoms with van der Waals surface area (Å²) in [5, 5.41) is 3.74. The average molecular weight is 377 g/mol. The van der Waals surface area contributed by atoms with E-state index in [-0.39, 0.29) is 5.91 Å². The van der Waals surface area contributed by atoms with Gasteiger partial charge in [0.15, 0.2) is 0 Å². The molecule has 142 valence electrons. The van der Waals surface area contributed by atoms with E-state index in [0.717, 1.165) is 23.9 Å². The van der Waals surface area contributed by atoms with Crippen molar-refractivity contribution in [2.24, 2.45) is 5.92 Å². The summed E-state index contributed by atoms with van der Waals surface area (Å²) in [7, 11) is 1.62. The minimum Gasteiger partial charge on any atom is -0.383 e. The molecule has 7 heteroatoms. The monoisotopic (exact) mass is 376 g/mol. The standard InChI is InChI=1S/C19H28N4O2S/c1-15(2)14-23(11-9-18(24)20-10-12-25-3)19-21-17(22-26-19)13-16-7-5-4-6-8-16/h4-8,15H,9-14H2,1-3H3,(H,20,24). The molecule has 0 atom stereocenters. The van der Waals surface area contributed by atoms with Crippen LogP contribution >= 0.6 is 11.5 Å². The van der Waals surface area contributed by atoms with Crippen LogP contribution < -0.4 is 10.2 Å². The molecule has 6 nitrogen and oxygen atoms in total. The van der Waals surface area contributed by atoms with Crippen molar-refractivity contribution >= 4 is 22.6 Å². The maximum Gasteiger partial charge on any atom is 0.221 e. The van der Waals surface area contributed by atoms with Crippen LogP contribution in [0.3, 0.4) is 0 Å². The van der Waals surface area contributed by atoms with E-state index < -0.39 is 0 Å². The molecule has 1 aromatic heterocycles. The number of nitrogens with zero attached hydrogens (tertiary/aromatic N) is 3. The van der Waals surface area contributed by atoms with E-state index in [1.807, 2.05) is 18.2 Å². The van der Waals surface area contributed by atoms with Gasteiger partial charge < -0.3 is 15.0 Å². The van der Waals surface area contributed by atoms with Crippen LogP contribution in [0.2, 0.25) is 0 Å². The largest absolute Gasteiger partial charge is 0.383 e. The van der Waals surface area contributed by atoms with Crippen LogP contribution in [0.5, 0.6) is 0 Å². The second-order valence-corrected chi connectivity index (χ2v) is 7.32. The first-order chi connectivity index (χ1) is 12.6. The Hall–Kier alpha value is -1.99. The number of carbonyl (C=O) groups excluding carboxylic acids is 1. The highest BCUT2D eigenvalue weighted by atomic mass is 32.1. The molecule has 0 saturated carbocycles. The van der Waals surface area contributed by atoms with Crippen molar-refractivity contribution in [3.05, 3.63) is 41.7 Å². The molecule has 2 rings (SSSR count). The van der Waals surface area contributed by atoms with Gasteiger partial charge in [-0.1, -0.05) is 44.2 Å². The Morgan fingerprint density at radius 1 is 1.31 bits per heavy atom. The molecule has 1 amide bonds. The Labute approximate surface area is 159 Å². The number of carbonyl (C=O) groups is 1. The highest BCUT2D eigenvalue weighted by molar-refractivity contribution is 7.09. The maximum atomic E-state index is 12.0. The van der Waals surface area contributed by atoms with E-state index in [0.29, 0.717) is 32.0 Å². The number of hydrogen-bond donors (Lipinski definition) is 1. The Bertz CT molecular complexity index is 661. The summed E-state index contributed by atoms with van der Waals surface area (Å²) in [6.07, 6.45) is 1.16. The lowest BCUT2D eigenvalue weighted by Gasteiger charge is -2.23. The van der Waals surface area contributed by atoms with Gasteiger partial charge in [0.1, 0.15) is 5.82 Å². The first kappa shape index (κ1) is 20.3. The number of anilines is 1. The molecule has 0 aliphatic rings. The van der Waals surface area contributed by atoms with Gasteiger partial charge in [0.25, 0.3) is 0 Å². The van der Waals surface area contributed by atoms with Crippen molar-refractivity contribution in [3.8, 4) is 0 Å². The number of amides is 1. The molecule has 0 aliphatic heterocycles. The summed E-state index contributed by atoms with van der Waals surface area (Å²) in [4.78, 5) is 18.8. The second-order valence-electron chi connectivity index (χ2n) is 6.59. The molecule has 0 aliphatic carbocycles. The van der Waals surface area contributed by atoms with Gasteiger partial charge in [0.05, 0.1) is 6.61 Å². The predicted molar refractivity (Wildman–Crippen MR) is 106 cm³/mol. The molecule has 26 heavy (non-hydrogen) atoms. The molecule has 1 heterocycles. The zero-order chi connectivity index (χ0) is 18.8. The summed E-state index contributed by atoms with van der Waals surface area (Å²) in [5.41, 5.74) is 1.20. The fourth-order valence-electron chi connectivity index (χ4n) is 2.55. The van der Waals surface area contributed by atoms with E-state index in [1.165, 1.54) is 17.1 Å². The second kappa shape index (κ2) is 10.9. The van der Waals surface area contributed by atoms with Gasteiger partial charge >= 0.3 is 0 Å². The van der Waals surface area contributed by atoms with Crippen molar-refractivity contribution in [2.75, 3.05) is 38.3 Å². The molecule has 1 N–H and O–H groups in total. The zero-order valence-corrected chi connectivity index (χ0v) is 16.6. The summed E-state index contributed by atoms with van der Waals surface area (Å²) < 4.78 is 9.45. The lowest BCUT2D eigenvalue weighted by Crippen LogP contribution is -2.34. The van der Waals surface area contributed by atoms with Gasteiger partial charge in [0.2, 0.25) is 11.0 Å². The van der Waals surface area contributed by atoms with E-state index in [4.69, 9.17) is 9.72 Å². The molecule has 1 aromatic carbocycles. The summed E-state index contributed by atoms with van der Waals surface area (Å²) in [6, 6.07) is 10.2. The van der Waals surface area contributed by atoms with Gasteiger partial charge in [-0.25, -0.2) is 4.98 Å². The van der Waals surface area contributed by atoms with Gasteiger partial charge in [-0.15, -0.1) is 0 Å². The Morgan fingerprint density at radius 3 is 2.77 bits per heavy atom. The fraction of sp³-hybridized carbons (Fsp3) is 0.526. The lowest BCUT2D eigenvalue weighted by atomic mass is 10.1. The van der Waals surface area contributed by atoms with E-state index in [2.05, 4.69) is 40.6 Å². The summed E-state index contributed by atoms with van der Waals surface area (Å²) in [5.74, 6) is 1.34. The predicted octanol–water partition coefficient (Wildman–Crippen LogP) is 2.74. The average Bonchev–Trinajstić information content (AvgIpc) is 3.08. The van der Waals surface area contributed by atoms with E-state index >= 15 is 0 Å². The number of methoxy groups -OCH3 is 1. The van der Waals surface area contributed by atoms with Crippen LogP contribution in [-0.2, 0) is 16.0 Å². The molecule has 0 fully saturated rings. The van der Waals surface area contributed by atoms with Gasteiger partial charge in [-0.3, -0.25) is 4.79 Å². The topological polar surface area (TPSA) is 67.3 Å². The van der Waals surface area contributed by atoms with E-state index in [1.54, 1.807) is 7.11 Å². The first-order valence-corrected chi connectivity index (χ1v) is 9.73. The van der Waals surface area contributed by atoms with Crippen LogP contribution in [0.1, 0.15) is 31.7 Å². The number of ether oxygens (including phenoxy) is 1. The van der Waals surface area contributed by atoms with Gasteiger partial charge in [-0.2, -0.15) is 4.37 Å². The number of aromatic nitrogens is 2. The van der Waals surface area contributed by atoms with Crippen LogP contribution in [0.15, 0.2) is 30.3 Å². The third kappa shape index (κ3) is 7.09. The van der Waals surface area contributed by atoms with Gasteiger partial charge in [0, 0.05) is 51.1 Å². The Balaban J connectivity index is 1.94. The fourth-order valence-corrected chi connectivity index (χ4v) is 3.27. The molecule has 0 saturated heterocycles. The molecule has 0 bridgehead atoms. The summed E-state index contributed by atoms with van der Waals surface area (Å²) in [6.45, 7) is 6.89. The molecule has 0 unspecified atom stereocenters. The minimum atomic E-state index is 0.0323. The van der Waals surface area contributed by atoms with Crippen molar-refractivity contribution in [3.63, 3.8) is 0 Å². The van der Waals surface area contributed by atoms with Crippen LogP contribution in [0.4, 0.5) is 5.13 Å². The van der Waals surface area contributed by atoms with Crippen LogP contribution in [0, 0.1) is 5.92 Å². The van der Waals surface area contributed by atoms with Crippen LogP contribution in [-0.4, -0.2) is 48.6 Å². The number of nitrogens with one attached hydrogen (secondary N) is 1. The quantitative estimate of drug-likeness (QED) is 0.611. The molecular weight excluding hydrogens is 348 g/mol.